The zero-order valence-electron chi connectivity index (χ0n) is 12.8. The molecule has 124 valence electrons. The van der Waals surface area contributed by atoms with Crippen molar-refractivity contribution in [3.8, 4) is 11.4 Å². The molecule has 3 aromatic rings. The van der Waals surface area contributed by atoms with Crippen molar-refractivity contribution in [1.29, 1.82) is 0 Å². The fourth-order valence-corrected chi connectivity index (χ4v) is 3.79. The highest BCUT2D eigenvalue weighted by atomic mass is 35.5. The van der Waals surface area contributed by atoms with Gasteiger partial charge in [0, 0.05) is 16.3 Å². The van der Waals surface area contributed by atoms with E-state index >= 15 is 0 Å². The lowest BCUT2D eigenvalue weighted by atomic mass is 10.1. The summed E-state index contributed by atoms with van der Waals surface area (Å²) >= 11 is 12.0. The second-order valence-corrected chi connectivity index (χ2v) is 7.58. The molecule has 0 saturated carbocycles. The molecule has 0 fully saturated rings. The van der Waals surface area contributed by atoms with Crippen molar-refractivity contribution in [3.63, 3.8) is 0 Å². The van der Waals surface area contributed by atoms with E-state index in [4.69, 9.17) is 23.2 Å². The Morgan fingerprint density at radius 3 is 2.62 bits per heavy atom. The van der Waals surface area contributed by atoms with E-state index in [-0.39, 0.29) is 0 Å². The Morgan fingerprint density at radius 2 is 1.88 bits per heavy atom. The first-order valence-corrected chi connectivity index (χ1v) is 9.29. The maximum absolute atomic E-state index is 12.4. The monoisotopic (exact) mass is 380 g/mol. The molecular formula is C16H14Cl2N4OS. The van der Waals surface area contributed by atoms with Crippen LogP contribution in [-0.4, -0.2) is 30.2 Å². The minimum atomic E-state index is -1.29. The van der Waals surface area contributed by atoms with Gasteiger partial charge >= 0.3 is 0 Å². The fourth-order valence-electron chi connectivity index (χ4n) is 2.08. The van der Waals surface area contributed by atoms with Crippen LogP contribution in [-0.2, 0) is 17.3 Å². The van der Waals surface area contributed by atoms with Crippen LogP contribution in [0, 0.1) is 6.92 Å². The van der Waals surface area contributed by atoms with Crippen molar-refractivity contribution < 1.29 is 4.21 Å². The van der Waals surface area contributed by atoms with Gasteiger partial charge in [0.25, 0.3) is 0 Å². The Balaban J connectivity index is 1.68. The minimum Gasteiger partial charge on any atom is -0.254 e. The molecule has 1 aromatic heterocycles. The highest BCUT2D eigenvalue weighted by molar-refractivity contribution is 7.85. The van der Waals surface area contributed by atoms with E-state index < -0.39 is 10.8 Å². The van der Waals surface area contributed by atoms with Gasteiger partial charge in [0.05, 0.1) is 27.3 Å². The Labute approximate surface area is 152 Å². The van der Waals surface area contributed by atoms with E-state index in [1.54, 1.807) is 18.2 Å². The highest BCUT2D eigenvalue weighted by Crippen LogP contribution is 2.24. The lowest BCUT2D eigenvalue weighted by Gasteiger charge is -2.04. The first kappa shape index (κ1) is 17.1. The third-order valence-electron chi connectivity index (χ3n) is 3.38. The number of benzene rings is 2. The number of hydrogen-bond acceptors (Lipinski definition) is 4. The maximum Gasteiger partial charge on any atom is 0.204 e. The average Bonchev–Trinajstić information content (AvgIpc) is 3.04. The largest absolute Gasteiger partial charge is 0.254 e. The molecule has 0 amide bonds. The summed E-state index contributed by atoms with van der Waals surface area (Å²) in [5.74, 6) is 0.866. The first-order valence-electron chi connectivity index (χ1n) is 7.21. The molecule has 5 nitrogen and oxygen atoms in total. The second-order valence-electron chi connectivity index (χ2n) is 5.20. The van der Waals surface area contributed by atoms with Crippen LogP contribution in [0.1, 0.15) is 5.56 Å². The quantitative estimate of drug-likeness (QED) is 0.675. The van der Waals surface area contributed by atoms with Gasteiger partial charge < -0.3 is 0 Å². The molecule has 0 unspecified atom stereocenters. The van der Waals surface area contributed by atoms with Crippen molar-refractivity contribution in [1.82, 2.24) is 20.2 Å². The van der Waals surface area contributed by atoms with E-state index in [0.29, 0.717) is 33.1 Å². The van der Waals surface area contributed by atoms with Crippen LogP contribution in [0.5, 0.6) is 0 Å². The van der Waals surface area contributed by atoms with Crippen LogP contribution in [0.3, 0.4) is 0 Å². The Kier molecular flexibility index (Phi) is 5.28. The molecule has 0 bridgehead atoms. The molecule has 0 spiro atoms. The van der Waals surface area contributed by atoms with E-state index in [0.717, 1.165) is 5.56 Å². The van der Waals surface area contributed by atoms with Crippen LogP contribution in [0.25, 0.3) is 11.4 Å². The van der Waals surface area contributed by atoms with Crippen LogP contribution in [0.4, 0.5) is 0 Å². The second kappa shape index (κ2) is 7.42. The van der Waals surface area contributed by atoms with Gasteiger partial charge in [-0.15, -0.1) is 10.2 Å². The topological polar surface area (TPSA) is 60.7 Å². The molecule has 24 heavy (non-hydrogen) atoms. The van der Waals surface area contributed by atoms with E-state index in [1.165, 1.54) is 10.4 Å². The summed E-state index contributed by atoms with van der Waals surface area (Å²) in [4.78, 5) is 1.95. The molecule has 8 heteroatoms. The average molecular weight is 381 g/mol. The highest BCUT2D eigenvalue weighted by Gasteiger charge is 2.11. The number of nitrogens with zero attached hydrogens (tertiary/aromatic N) is 4. The standard InChI is InChI=1S/C16H14Cl2N4OS/c1-11-2-4-12(5-3-11)16-19-21-22(20-16)8-9-24(23)15-10-13(17)6-7-14(15)18/h2-7,10H,8-9H2,1H3/t24-/m1/s1. The van der Waals surface area contributed by atoms with Crippen molar-refractivity contribution >= 4 is 34.0 Å². The molecule has 1 heterocycles. The summed E-state index contributed by atoms with van der Waals surface area (Å²) in [7, 11) is -1.29. The molecular weight excluding hydrogens is 367 g/mol. The molecule has 0 aliphatic heterocycles. The number of aryl methyl sites for hydroxylation is 2. The molecule has 0 N–H and O–H groups in total. The normalized spacial score (nSPS) is 12.3. The van der Waals surface area contributed by atoms with Gasteiger partial charge in [-0.1, -0.05) is 53.0 Å². The van der Waals surface area contributed by atoms with Gasteiger partial charge in [-0.25, -0.2) is 0 Å². The zero-order valence-corrected chi connectivity index (χ0v) is 15.1. The molecule has 0 saturated heterocycles. The predicted molar refractivity (Wildman–Crippen MR) is 95.7 cm³/mol. The van der Waals surface area contributed by atoms with Crippen LogP contribution in [0.2, 0.25) is 10.0 Å². The van der Waals surface area contributed by atoms with Crippen molar-refractivity contribution in [2.75, 3.05) is 5.75 Å². The maximum atomic E-state index is 12.4. The lowest BCUT2D eigenvalue weighted by Crippen LogP contribution is -2.11. The molecule has 0 aliphatic rings. The summed E-state index contributed by atoms with van der Waals surface area (Å²) in [5.41, 5.74) is 2.06. The van der Waals surface area contributed by atoms with Gasteiger partial charge in [0.2, 0.25) is 5.82 Å². The molecule has 3 rings (SSSR count). The van der Waals surface area contributed by atoms with Crippen LogP contribution < -0.4 is 0 Å². The van der Waals surface area contributed by atoms with Gasteiger partial charge in [0.15, 0.2) is 0 Å². The van der Waals surface area contributed by atoms with Crippen molar-refractivity contribution in [2.24, 2.45) is 0 Å². The van der Waals surface area contributed by atoms with Gasteiger partial charge in [-0.2, -0.15) is 4.80 Å². The van der Waals surface area contributed by atoms with E-state index in [1.807, 2.05) is 31.2 Å². The van der Waals surface area contributed by atoms with Gasteiger partial charge in [-0.3, -0.25) is 4.21 Å². The predicted octanol–water partition coefficient (Wildman–Crippen LogP) is 3.76. The summed E-state index contributed by atoms with van der Waals surface area (Å²) in [6.45, 7) is 2.39. The van der Waals surface area contributed by atoms with E-state index in [2.05, 4.69) is 15.4 Å². The molecule has 2 aromatic carbocycles. The summed E-state index contributed by atoms with van der Waals surface area (Å²) in [6, 6.07) is 12.8. The SMILES string of the molecule is Cc1ccc(-c2nnn(CC[S@@](=O)c3cc(Cl)ccc3Cl)n2)cc1. The third kappa shape index (κ3) is 4.01. The van der Waals surface area contributed by atoms with E-state index in [9.17, 15) is 4.21 Å². The first-order chi connectivity index (χ1) is 11.5. The Hall–Kier alpha value is -1.76. The lowest BCUT2D eigenvalue weighted by molar-refractivity contribution is 0.552. The number of hydrogen-bond donors (Lipinski definition) is 0. The molecule has 1 atom stereocenters. The van der Waals surface area contributed by atoms with Crippen LogP contribution >= 0.6 is 23.2 Å². The summed E-state index contributed by atoms with van der Waals surface area (Å²) in [5, 5.41) is 13.3. The van der Waals surface area contributed by atoms with Gasteiger partial charge in [0.1, 0.15) is 0 Å². The minimum absolute atomic E-state index is 0.323. The molecule has 0 aliphatic carbocycles. The van der Waals surface area contributed by atoms with Crippen molar-refractivity contribution in [3.05, 3.63) is 58.1 Å². The third-order valence-corrected chi connectivity index (χ3v) is 5.44. The Morgan fingerprint density at radius 1 is 1.12 bits per heavy atom. The van der Waals surface area contributed by atoms with Gasteiger partial charge in [-0.05, 0) is 30.3 Å². The molecule has 0 radical (unpaired) electrons. The smallest absolute Gasteiger partial charge is 0.204 e. The fraction of sp³-hybridized carbons (Fsp3) is 0.188. The number of halogens is 2. The number of aromatic nitrogens is 4. The van der Waals surface area contributed by atoms with Crippen molar-refractivity contribution in [2.45, 2.75) is 18.4 Å². The Bertz CT molecular complexity index is 880. The zero-order chi connectivity index (χ0) is 17.1. The van der Waals surface area contributed by atoms with Crippen LogP contribution in [0.15, 0.2) is 47.4 Å². The number of rotatable bonds is 5. The number of tetrazole rings is 1. The summed E-state index contributed by atoms with van der Waals surface area (Å²) in [6.07, 6.45) is 0. The summed E-state index contributed by atoms with van der Waals surface area (Å²) < 4.78 is 12.4.